The highest BCUT2D eigenvalue weighted by Crippen LogP contribution is 2.16. The molecule has 0 spiro atoms. The van der Waals surface area contributed by atoms with Gasteiger partial charge in [0.15, 0.2) is 17.0 Å². The molecule has 0 bridgehead atoms. The van der Waals surface area contributed by atoms with Crippen molar-refractivity contribution >= 4 is 17.0 Å². The van der Waals surface area contributed by atoms with Gasteiger partial charge >= 0.3 is 0 Å². The van der Waals surface area contributed by atoms with E-state index in [9.17, 15) is 0 Å². The lowest BCUT2D eigenvalue weighted by atomic mass is 10.4. The number of hydrogen-bond donors (Lipinski definition) is 1. The van der Waals surface area contributed by atoms with Gasteiger partial charge in [-0.05, 0) is 20.8 Å². The van der Waals surface area contributed by atoms with E-state index in [0.29, 0.717) is 25.3 Å². The molecule has 0 saturated carbocycles. The van der Waals surface area contributed by atoms with Crippen LogP contribution >= 0.6 is 0 Å². The van der Waals surface area contributed by atoms with Crippen LogP contribution in [0, 0.1) is 0 Å². The number of aromatic nitrogens is 5. The molecular formula is C11H18N6O. The van der Waals surface area contributed by atoms with Crippen molar-refractivity contribution < 1.29 is 4.74 Å². The van der Waals surface area contributed by atoms with Crippen LogP contribution in [0.15, 0.2) is 6.33 Å². The van der Waals surface area contributed by atoms with E-state index < -0.39 is 0 Å². The number of fused-ring (bicyclic) bond motifs is 1. The fraction of sp³-hybridized carbons (Fsp3) is 0.636. The summed E-state index contributed by atoms with van der Waals surface area (Å²) in [7, 11) is 0. The summed E-state index contributed by atoms with van der Waals surface area (Å²) in [5, 5.41) is 11.4. The highest BCUT2D eigenvalue weighted by atomic mass is 16.5. The number of ether oxygens (including phenoxy) is 1. The molecule has 0 unspecified atom stereocenters. The zero-order chi connectivity index (χ0) is 13.0. The number of nitrogens with zero attached hydrogens (tertiary/aromatic N) is 5. The highest BCUT2D eigenvalue weighted by molar-refractivity contribution is 5.81. The zero-order valence-corrected chi connectivity index (χ0v) is 10.9. The number of nitrogens with one attached hydrogen (secondary N) is 1. The molecule has 0 fully saturated rings. The second kappa shape index (κ2) is 5.72. The normalized spacial score (nSPS) is 11.3. The molecule has 0 radical (unpaired) electrons. The average Bonchev–Trinajstić information content (AvgIpc) is 2.74. The van der Waals surface area contributed by atoms with Crippen molar-refractivity contribution in [2.45, 2.75) is 33.4 Å². The van der Waals surface area contributed by atoms with Crippen LogP contribution in [0.4, 0.5) is 5.82 Å². The third-order valence-corrected chi connectivity index (χ3v) is 2.38. The van der Waals surface area contributed by atoms with Crippen molar-refractivity contribution in [2.75, 3.05) is 18.5 Å². The molecule has 98 valence electrons. The van der Waals surface area contributed by atoms with Crippen LogP contribution in [0.3, 0.4) is 0 Å². The maximum Gasteiger partial charge on any atom is 0.183 e. The van der Waals surface area contributed by atoms with Crippen LogP contribution < -0.4 is 5.32 Å². The van der Waals surface area contributed by atoms with Crippen LogP contribution in [0.5, 0.6) is 0 Å². The van der Waals surface area contributed by atoms with Gasteiger partial charge in [0.25, 0.3) is 0 Å². The van der Waals surface area contributed by atoms with E-state index in [2.05, 4.69) is 25.6 Å². The molecule has 0 amide bonds. The van der Waals surface area contributed by atoms with Crippen molar-refractivity contribution in [1.82, 2.24) is 25.0 Å². The fourth-order valence-electron chi connectivity index (χ4n) is 1.62. The van der Waals surface area contributed by atoms with Crippen molar-refractivity contribution in [3.63, 3.8) is 0 Å². The molecular weight excluding hydrogens is 232 g/mol. The molecule has 0 aliphatic rings. The molecule has 0 saturated heterocycles. The molecule has 2 heterocycles. The van der Waals surface area contributed by atoms with Crippen molar-refractivity contribution in [3.8, 4) is 0 Å². The second-order valence-corrected chi connectivity index (χ2v) is 4.20. The zero-order valence-electron chi connectivity index (χ0n) is 10.9. The van der Waals surface area contributed by atoms with Gasteiger partial charge in [-0.15, -0.1) is 5.10 Å². The quantitative estimate of drug-likeness (QED) is 0.773. The van der Waals surface area contributed by atoms with Gasteiger partial charge in [-0.3, -0.25) is 0 Å². The third-order valence-electron chi connectivity index (χ3n) is 2.38. The lowest BCUT2D eigenvalue weighted by molar-refractivity contribution is 0.136. The summed E-state index contributed by atoms with van der Waals surface area (Å²) in [6, 6.07) is 0.289. The first-order valence-corrected chi connectivity index (χ1v) is 6.10. The standard InChI is InChI=1S/C11H18N6O/c1-4-18-6-5-17-11-9(15-16-17)10(12-7-13-11)14-8(2)3/h7-8H,4-6H2,1-3H3,(H,12,13,14). The molecule has 0 aromatic carbocycles. The first-order chi connectivity index (χ1) is 8.72. The summed E-state index contributed by atoms with van der Waals surface area (Å²) in [5.41, 5.74) is 1.43. The lowest BCUT2D eigenvalue weighted by Crippen LogP contribution is -2.12. The molecule has 0 aliphatic heterocycles. The number of hydrogen-bond acceptors (Lipinski definition) is 6. The van der Waals surface area contributed by atoms with Crippen LogP contribution in [-0.2, 0) is 11.3 Å². The van der Waals surface area contributed by atoms with Crippen molar-refractivity contribution in [2.24, 2.45) is 0 Å². The van der Waals surface area contributed by atoms with Crippen LogP contribution in [0.1, 0.15) is 20.8 Å². The topological polar surface area (TPSA) is 77.8 Å². The molecule has 2 rings (SSSR count). The maximum atomic E-state index is 5.30. The van der Waals surface area contributed by atoms with E-state index in [1.807, 2.05) is 20.8 Å². The molecule has 0 atom stereocenters. The minimum atomic E-state index is 0.289. The summed E-state index contributed by atoms with van der Waals surface area (Å²) in [6.45, 7) is 8.00. The maximum absolute atomic E-state index is 5.30. The van der Waals surface area contributed by atoms with Gasteiger partial charge < -0.3 is 10.1 Å². The summed E-state index contributed by atoms with van der Waals surface area (Å²) >= 11 is 0. The smallest absolute Gasteiger partial charge is 0.183 e. The Morgan fingerprint density at radius 1 is 1.39 bits per heavy atom. The first kappa shape index (κ1) is 12.7. The van der Waals surface area contributed by atoms with Crippen molar-refractivity contribution in [1.29, 1.82) is 0 Å². The van der Waals surface area contributed by atoms with Gasteiger partial charge in [-0.2, -0.15) is 0 Å². The van der Waals surface area contributed by atoms with E-state index in [1.54, 1.807) is 4.68 Å². The van der Waals surface area contributed by atoms with Crippen molar-refractivity contribution in [3.05, 3.63) is 6.33 Å². The van der Waals surface area contributed by atoms with E-state index >= 15 is 0 Å². The Hall–Kier alpha value is -1.76. The SMILES string of the molecule is CCOCCn1nnc2c(NC(C)C)ncnc21. The number of anilines is 1. The third kappa shape index (κ3) is 2.73. The second-order valence-electron chi connectivity index (χ2n) is 4.20. The minimum absolute atomic E-state index is 0.289. The predicted octanol–water partition coefficient (Wildman–Crippen LogP) is 1.08. The Labute approximate surface area is 106 Å². The average molecular weight is 250 g/mol. The van der Waals surface area contributed by atoms with Crippen LogP contribution in [-0.4, -0.2) is 44.2 Å². The monoisotopic (exact) mass is 250 g/mol. The summed E-state index contributed by atoms with van der Waals surface area (Å²) in [4.78, 5) is 8.41. The minimum Gasteiger partial charge on any atom is -0.380 e. The Kier molecular flexibility index (Phi) is 4.03. The summed E-state index contributed by atoms with van der Waals surface area (Å²) in [6.07, 6.45) is 1.52. The van der Waals surface area contributed by atoms with Crippen LogP contribution in [0.25, 0.3) is 11.2 Å². The van der Waals surface area contributed by atoms with E-state index in [4.69, 9.17) is 4.74 Å². The first-order valence-electron chi connectivity index (χ1n) is 6.10. The van der Waals surface area contributed by atoms with E-state index in [1.165, 1.54) is 6.33 Å². The van der Waals surface area contributed by atoms with Gasteiger partial charge in [-0.1, -0.05) is 5.21 Å². The lowest BCUT2D eigenvalue weighted by Gasteiger charge is -2.08. The van der Waals surface area contributed by atoms with Crippen LogP contribution in [0.2, 0.25) is 0 Å². The molecule has 2 aromatic heterocycles. The Balaban J connectivity index is 2.24. The van der Waals surface area contributed by atoms with Gasteiger partial charge in [0.05, 0.1) is 13.2 Å². The summed E-state index contributed by atoms with van der Waals surface area (Å²) < 4.78 is 7.04. The molecule has 7 nitrogen and oxygen atoms in total. The van der Waals surface area contributed by atoms with E-state index in [0.717, 1.165) is 11.5 Å². The molecule has 18 heavy (non-hydrogen) atoms. The molecule has 1 N–H and O–H groups in total. The molecule has 7 heteroatoms. The predicted molar refractivity (Wildman–Crippen MR) is 68.4 cm³/mol. The Morgan fingerprint density at radius 3 is 2.94 bits per heavy atom. The Morgan fingerprint density at radius 2 is 2.22 bits per heavy atom. The fourth-order valence-corrected chi connectivity index (χ4v) is 1.62. The Bertz CT molecular complexity index is 509. The molecule has 2 aromatic rings. The van der Waals surface area contributed by atoms with E-state index in [-0.39, 0.29) is 6.04 Å². The number of rotatable bonds is 6. The largest absolute Gasteiger partial charge is 0.380 e. The van der Waals surface area contributed by atoms with Gasteiger partial charge in [0.2, 0.25) is 0 Å². The molecule has 0 aliphatic carbocycles. The van der Waals surface area contributed by atoms with Gasteiger partial charge in [-0.25, -0.2) is 14.6 Å². The van der Waals surface area contributed by atoms with Gasteiger partial charge in [0.1, 0.15) is 6.33 Å². The highest BCUT2D eigenvalue weighted by Gasteiger charge is 2.11. The summed E-state index contributed by atoms with van der Waals surface area (Å²) in [5.74, 6) is 0.720. The van der Waals surface area contributed by atoms with Gasteiger partial charge in [0, 0.05) is 12.6 Å².